The zero-order chi connectivity index (χ0) is 16.9. The minimum Gasteiger partial charge on any atom is -0.493 e. The van der Waals surface area contributed by atoms with Crippen molar-refractivity contribution < 1.29 is 13.9 Å². The van der Waals surface area contributed by atoms with Gasteiger partial charge in [-0.3, -0.25) is 0 Å². The van der Waals surface area contributed by atoms with Gasteiger partial charge in [0.05, 0.1) is 18.7 Å². The van der Waals surface area contributed by atoms with Gasteiger partial charge in [0.2, 0.25) is 5.89 Å². The molecule has 120 valence electrons. The Morgan fingerprint density at radius 3 is 2.62 bits per heavy atom. The van der Waals surface area contributed by atoms with Crippen LogP contribution >= 0.6 is 15.9 Å². The molecular formula is C17H12BrN3O3. The smallest absolute Gasteiger partial charge is 0.254 e. The van der Waals surface area contributed by atoms with Crippen molar-refractivity contribution >= 4 is 15.9 Å². The lowest BCUT2D eigenvalue weighted by Gasteiger charge is -2.08. The van der Waals surface area contributed by atoms with Crippen LogP contribution in [0.3, 0.4) is 0 Å². The van der Waals surface area contributed by atoms with E-state index in [2.05, 4.69) is 26.1 Å². The van der Waals surface area contributed by atoms with Crippen molar-refractivity contribution in [1.29, 1.82) is 5.26 Å². The predicted molar refractivity (Wildman–Crippen MR) is 89.5 cm³/mol. The third-order valence-corrected chi connectivity index (χ3v) is 3.73. The van der Waals surface area contributed by atoms with Gasteiger partial charge in [-0.1, -0.05) is 15.9 Å². The quantitative estimate of drug-likeness (QED) is 0.660. The molecule has 0 fully saturated rings. The second kappa shape index (κ2) is 7.15. The molecule has 0 unspecified atom stereocenters. The molecule has 0 radical (unpaired) electrons. The molecule has 0 aliphatic rings. The molecular weight excluding hydrogens is 374 g/mol. The molecule has 1 aromatic heterocycles. The first kappa shape index (κ1) is 16.0. The minimum atomic E-state index is 0.103. The molecule has 1 heterocycles. The van der Waals surface area contributed by atoms with E-state index >= 15 is 0 Å². The van der Waals surface area contributed by atoms with Crippen molar-refractivity contribution in [3.63, 3.8) is 0 Å². The van der Waals surface area contributed by atoms with Crippen LogP contribution in [0.4, 0.5) is 0 Å². The van der Waals surface area contributed by atoms with Crippen LogP contribution in [-0.4, -0.2) is 17.3 Å². The minimum absolute atomic E-state index is 0.103. The second-order valence-electron chi connectivity index (χ2n) is 4.77. The fourth-order valence-electron chi connectivity index (χ4n) is 2.02. The summed E-state index contributed by atoms with van der Waals surface area (Å²) in [5.41, 5.74) is 1.32. The molecule has 3 aromatic rings. The molecule has 0 N–H and O–H groups in total. The number of halogens is 1. The van der Waals surface area contributed by atoms with Crippen LogP contribution in [0.25, 0.3) is 11.5 Å². The van der Waals surface area contributed by atoms with E-state index in [0.717, 1.165) is 10.0 Å². The Kier molecular flexibility index (Phi) is 4.77. The molecule has 0 saturated carbocycles. The molecule has 0 bridgehead atoms. The van der Waals surface area contributed by atoms with Crippen molar-refractivity contribution in [3.05, 3.63) is 58.4 Å². The largest absolute Gasteiger partial charge is 0.493 e. The van der Waals surface area contributed by atoms with Crippen LogP contribution < -0.4 is 9.47 Å². The molecule has 0 saturated heterocycles. The van der Waals surface area contributed by atoms with Gasteiger partial charge in [-0.2, -0.15) is 5.26 Å². The molecule has 6 nitrogen and oxygen atoms in total. The van der Waals surface area contributed by atoms with Crippen molar-refractivity contribution in [2.45, 2.75) is 6.61 Å². The Balaban J connectivity index is 1.72. The topological polar surface area (TPSA) is 81.2 Å². The van der Waals surface area contributed by atoms with Gasteiger partial charge < -0.3 is 13.9 Å². The van der Waals surface area contributed by atoms with Crippen LogP contribution in [0.1, 0.15) is 11.5 Å². The number of aromatic nitrogens is 2. The monoisotopic (exact) mass is 385 g/mol. The number of nitriles is 1. The normalized spacial score (nSPS) is 10.2. The van der Waals surface area contributed by atoms with E-state index in [4.69, 9.17) is 19.2 Å². The van der Waals surface area contributed by atoms with Crippen molar-refractivity contribution in [3.8, 4) is 29.0 Å². The summed E-state index contributed by atoms with van der Waals surface area (Å²) >= 11 is 3.38. The first-order chi connectivity index (χ1) is 11.7. The first-order valence-corrected chi connectivity index (χ1v) is 7.78. The van der Waals surface area contributed by atoms with Gasteiger partial charge in [-0.15, -0.1) is 10.2 Å². The molecule has 0 spiro atoms. The number of nitrogens with zero attached hydrogens (tertiary/aromatic N) is 3. The van der Waals surface area contributed by atoms with Gasteiger partial charge in [0.1, 0.15) is 0 Å². The Hall–Kier alpha value is -2.85. The molecule has 3 rings (SSSR count). The molecule has 0 amide bonds. The van der Waals surface area contributed by atoms with Crippen LogP contribution in [0.2, 0.25) is 0 Å². The SMILES string of the molecule is COc1cc(C#N)ccc1OCc1nnc(-c2ccc(Br)cc2)o1. The molecule has 0 aliphatic carbocycles. The van der Waals surface area contributed by atoms with Gasteiger partial charge in [0, 0.05) is 16.1 Å². The standard InChI is InChI=1S/C17H12BrN3O3/c1-22-15-8-11(9-19)2-7-14(15)23-10-16-20-21-17(24-16)12-3-5-13(18)6-4-12/h2-8H,10H2,1H3. The maximum atomic E-state index is 8.90. The second-order valence-corrected chi connectivity index (χ2v) is 5.69. The summed E-state index contributed by atoms with van der Waals surface area (Å²) in [5, 5.41) is 16.9. The van der Waals surface area contributed by atoms with Gasteiger partial charge >= 0.3 is 0 Å². The summed E-state index contributed by atoms with van der Waals surface area (Å²) < 4.78 is 17.4. The van der Waals surface area contributed by atoms with Crippen LogP contribution in [0.15, 0.2) is 51.4 Å². The average Bonchev–Trinajstić information content (AvgIpc) is 3.09. The van der Waals surface area contributed by atoms with E-state index in [0.29, 0.717) is 28.8 Å². The number of rotatable bonds is 5. The summed E-state index contributed by atoms with van der Waals surface area (Å²) in [4.78, 5) is 0. The summed E-state index contributed by atoms with van der Waals surface area (Å²) in [7, 11) is 1.52. The van der Waals surface area contributed by atoms with Crippen molar-refractivity contribution in [1.82, 2.24) is 10.2 Å². The van der Waals surface area contributed by atoms with E-state index in [-0.39, 0.29) is 6.61 Å². The van der Waals surface area contributed by atoms with Gasteiger partial charge in [0.15, 0.2) is 18.1 Å². The third kappa shape index (κ3) is 3.55. The lowest BCUT2D eigenvalue weighted by Crippen LogP contribution is -1.98. The summed E-state index contributed by atoms with van der Waals surface area (Å²) in [6.07, 6.45) is 0. The zero-order valence-corrected chi connectivity index (χ0v) is 14.3. The van der Waals surface area contributed by atoms with Crippen molar-refractivity contribution in [2.75, 3.05) is 7.11 Å². The van der Waals surface area contributed by atoms with E-state index in [9.17, 15) is 0 Å². The summed E-state index contributed by atoms with van der Waals surface area (Å²) in [5.74, 6) is 1.74. The van der Waals surface area contributed by atoms with Crippen LogP contribution in [0, 0.1) is 11.3 Å². The number of hydrogen-bond acceptors (Lipinski definition) is 6. The Morgan fingerprint density at radius 2 is 1.92 bits per heavy atom. The Labute approximate surface area is 146 Å². The summed E-state index contributed by atoms with van der Waals surface area (Å²) in [6, 6.07) is 14.5. The Morgan fingerprint density at radius 1 is 1.12 bits per heavy atom. The highest BCUT2D eigenvalue weighted by molar-refractivity contribution is 9.10. The maximum Gasteiger partial charge on any atom is 0.254 e. The number of ether oxygens (including phenoxy) is 2. The molecule has 0 atom stereocenters. The average molecular weight is 386 g/mol. The Bertz CT molecular complexity index is 885. The van der Waals surface area contributed by atoms with E-state index in [1.807, 2.05) is 30.3 Å². The molecule has 2 aromatic carbocycles. The number of benzene rings is 2. The molecule has 7 heteroatoms. The van der Waals surface area contributed by atoms with Crippen molar-refractivity contribution in [2.24, 2.45) is 0 Å². The highest BCUT2D eigenvalue weighted by Gasteiger charge is 2.11. The van der Waals surface area contributed by atoms with Crippen LogP contribution in [0.5, 0.6) is 11.5 Å². The highest BCUT2D eigenvalue weighted by atomic mass is 79.9. The molecule has 24 heavy (non-hydrogen) atoms. The first-order valence-electron chi connectivity index (χ1n) is 6.99. The van der Waals surface area contributed by atoms with Gasteiger partial charge in [-0.25, -0.2) is 0 Å². The maximum absolute atomic E-state index is 8.90. The lowest BCUT2D eigenvalue weighted by molar-refractivity contribution is 0.251. The molecule has 0 aliphatic heterocycles. The van der Waals surface area contributed by atoms with Gasteiger partial charge in [0.25, 0.3) is 5.89 Å². The zero-order valence-electron chi connectivity index (χ0n) is 12.7. The fraction of sp³-hybridized carbons (Fsp3) is 0.118. The number of hydrogen-bond donors (Lipinski definition) is 0. The van der Waals surface area contributed by atoms with E-state index in [1.165, 1.54) is 7.11 Å². The highest BCUT2D eigenvalue weighted by Crippen LogP contribution is 2.29. The van der Waals surface area contributed by atoms with E-state index in [1.54, 1.807) is 18.2 Å². The predicted octanol–water partition coefficient (Wildman–Crippen LogP) is 3.96. The summed E-state index contributed by atoms with van der Waals surface area (Å²) in [6.45, 7) is 0.103. The van der Waals surface area contributed by atoms with Gasteiger partial charge in [-0.05, 0) is 36.4 Å². The van der Waals surface area contributed by atoms with Crippen LogP contribution in [-0.2, 0) is 6.61 Å². The third-order valence-electron chi connectivity index (χ3n) is 3.20. The van der Waals surface area contributed by atoms with E-state index < -0.39 is 0 Å². The lowest BCUT2D eigenvalue weighted by atomic mass is 10.2. The fourth-order valence-corrected chi connectivity index (χ4v) is 2.28. The number of methoxy groups -OCH3 is 1.